The Kier molecular flexibility index (Phi) is 4.90. The topological polar surface area (TPSA) is 64.7 Å². The van der Waals surface area contributed by atoms with Crippen LogP contribution >= 0.6 is 11.6 Å². The summed E-state index contributed by atoms with van der Waals surface area (Å²) in [5.41, 5.74) is 4.40. The second kappa shape index (κ2) is 7.11. The fraction of sp³-hybridized carbons (Fsp3) is 0.278. The van der Waals surface area contributed by atoms with Crippen molar-refractivity contribution < 1.29 is 4.79 Å². The van der Waals surface area contributed by atoms with Gasteiger partial charge in [0.2, 0.25) is 0 Å². The van der Waals surface area contributed by atoms with Crippen LogP contribution in [0, 0.1) is 13.8 Å². The molecule has 1 aromatic carbocycles. The van der Waals surface area contributed by atoms with E-state index in [1.807, 2.05) is 55.9 Å². The van der Waals surface area contributed by atoms with Crippen LogP contribution in [0.25, 0.3) is 0 Å². The van der Waals surface area contributed by atoms with Crippen LogP contribution in [0.15, 0.2) is 36.5 Å². The number of carbonyl (C=O) groups excluding carboxylic acids is 1. The predicted octanol–water partition coefficient (Wildman–Crippen LogP) is 2.87. The molecule has 0 fully saturated rings. The smallest absolute Gasteiger partial charge is 0.251 e. The Labute approximate surface area is 151 Å². The summed E-state index contributed by atoms with van der Waals surface area (Å²) < 4.78 is 3.61. The number of aromatic nitrogens is 4. The molecule has 0 unspecified atom stereocenters. The van der Waals surface area contributed by atoms with E-state index in [-0.39, 0.29) is 5.91 Å². The van der Waals surface area contributed by atoms with Crippen molar-refractivity contribution in [1.29, 1.82) is 0 Å². The second-order valence-electron chi connectivity index (χ2n) is 5.97. The van der Waals surface area contributed by atoms with Crippen LogP contribution in [-0.4, -0.2) is 25.5 Å². The molecular formula is C18H20ClN5O. The fourth-order valence-electron chi connectivity index (χ4n) is 2.61. The summed E-state index contributed by atoms with van der Waals surface area (Å²) in [7, 11) is 1.85. The van der Waals surface area contributed by atoms with Crippen molar-refractivity contribution in [3.05, 3.63) is 69.8 Å². The minimum absolute atomic E-state index is 0.109. The summed E-state index contributed by atoms with van der Waals surface area (Å²) in [5.74, 6) is -0.109. The third-order valence-electron chi connectivity index (χ3n) is 4.19. The van der Waals surface area contributed by atoms with Gasteiger partial charge < -0.3 is 5.32 Å². The Hall–Kier alpha value is -2.60. The van der Waals surface area contributed by atoms with E-state index in [0.717, 1.165) is 22.6 Å². The molecule has 0 radical (unpaired) electrons. The molecule has 1 amide bonds. The first-order valence-electron chi connectivity index (χ1n) is 7.99. The highest BCUT2D eigenvalue weighted by molar-refractivity contribution is 6.31. The summed E-state index contributed by atoms with van der Waals surface area (Å²) in [5, 5.41) is 12.1. The molecule has 0 saturated heterocycles. The summed E-state index contributed by atoms with van der Waals surface area (Å²) in [6.07, 6.45) is 1.71. The van der Waals surface area contributed by atoms with Crippen LogP contribution < -0.4 is 5.32 Å². The number of amides is 1. The molecule has 7 heteroatoms. The molecule has 1 N–H and O–H groups in total. The Morgan fingerprint density at radius 2 is 1.92 bits per heavy atom. The maximum Gasteiger partial charge on any atom is 0.251 e. The quantitative estimate of drug-likeness (QED) is 0.763. The van der Waals surface area contributed by atoms with E-state index in [2.05, 4.69) is 15.5 Å². The molecule has 3 rings (SSSR count). The Morgan fingerprint density at radius 3 is 2.48 bits per heavy atom. The number of rotatable bonds is 5. The van der Waals surface area contributed by atoms with Gasteiger partial charge in [-0.2, -0.15) is 10.2 Å². The number of hydrogen-bond acceptors (Lipinski definition) is 3. The third-order valence-corrected chi connectivity index (χ3v) is 4.74. The fourth-order valence-corrected chi connectivity index (χ4v) is 2.75. The lowest BCUT2D eigenvalue weighted by Crippen LogP contribution is -2.24. The van der Waals surface area contributed by atoms with E-state index in [0.29, 0.717) is 23.7 Å². The second-order valence-corrected chi connectivity index (χ2v) is 6.35. The number of aryl methyl sites for hydroxylation is 2. The summed E-state index contributed by atoms with van der Waals surface area (Å²) in [6.45, 7) is 4.90. The molecule has 0 atom stereocenters. The number of nitrogens with zero attached hydrogens (tertiary/aromatic N) is 4. The lowest BCUT2D eigenvalue weighted by molar-refractivity contribution is 0.0950. The molecule has 3 aromatic rings. The largest absolute Gasteiger partial charge is 0.346 e. The minimum atomic E-state index is -0.109. The van der Waals surface area contributed by atoms with Crippen molar-refractivity contribution in [2.75, 3.05) is 0 Å². The zero-order valence-corrected chi connectivity index (χ0v) is 15.2. The average Bonchev–Trinajstić information content (AvgIpc) is 3.12. The molecule has 0 bridgehead atoms. The third kappa shape index (κ3) is 3.74. The van der Waals surface area contributed by atoms with Crippen molar-refractivity contribution in [2.45, 2.75) is 26.9 Å². The molecule has 0 saturated carbocycles. The van der Waals surface area contributed by atoms with Crippen LogP contribution in [0.1, 0.15) is 33.0 Å². The van der Waals surface area contributed by atoms with E-state index in [9.17, 15) is 4.79 Å². The molecular weight excluding hydrogens is 338 g/mol. The van der Waals surface area contributed by atoms with Crippen LogP contribution in [-0.2, 0) is 20.1 Å². The first-order valence-corrected chi connectivity index (χ1v) is 8.37. The van der Waals surface area contributed by atoms with Crippen molar-refractivity contribution in [3.63, 3.8) is 0 Å². The van der Waals surface area contributed by atoms with E-state index in [1.54, 1.807) is 10.9 Å². The summed E-state index contributed by atoms with van der Waals surface area (Å²) in [6, 6.07) is 9.39. The lowest BCUT2D eigenvalue weighted by atomic mass is 10.1. The van der Waals surface area contributed by atoms with Gasteiger partial charge >= 0.3 is 0 Å². The zero-order valence-electron chi connectivity index (χ0n) is 14.5. The Balaban J connectivity index is 1.64. The molecule has 0 aliphatic rings. The van der Waals surface area contributed by atoms with Crippen molar-refractivity contribution in [1.82, 2.24) is 24.9 Å². The SMILES string of the molecule is Cc1nn(Cc2ccc(C(=O)NCc3ccnn3C)cc2)c(C)c1Cl. The van der Waals surface area contributed by atoms with Gasteiger partial charge in [0.1, 0.15) is 0 Å². The number of hydrogen-bond donors (Lipinski definition) is 1. The van der Waals surface area contributed by atoms with Gasteiger partial charge in [0.05, 0.1) is 35.2 Å². The number of halogens is 1. The van der Waals surface area contributed by atoms with Gasteiger partial charge in [0.25, 0.3) is 5.91 Å². The molecule has 0 aliphatic carbocycles. The van der Waals surface area contributed by atoms with Gasteiger partial charge in [0, 0.05) is 18.8 Å². The highest BCUT2D eigenvalue weighted by Gasteiger charge is 2.10. The summed E-state index contributed by atoms with van der Waals surface area (Å²) in [4.78, 5) is 12.2. The van der Waals surface area contributed by atoms with Crippen molar-refractivity contribution >= 4 is 17.5 Å². The first-order chi connectivity index (χ1) is 12.0. The monoisotopic (exact) mass is 357 g/mol. The predicted molar refractivity (Wildman–Crippen MR) is 96.6 cm³/mol. The molecule has 0 aliphatic heterocycles. The molecule has 130 valence electrons. The van der Waals surface area contributed by atoms with Gasteiger partial charge in [-0.3, -0.25) is 14.2 Å². The molecule has 25 heavy (non-hydrogen) atoms. The maximum atomic E-state index is 12.2. The zero-order chi connectivity index (χ0) is 18.0. The maximum absolute atomic E-state index is 12.2. The van der Waals surface area contributed by atoms with E-state index in [4.69, 9.17) is 11.6 Å². The van der Waals surface area contributed by atoms with E-state index < -0.39 is 0 Å². The standard InChI is InChI=1S/C18H20ClN5O/c1-12-17(19)13(2)24(22-12)11-14-4-6-15(7-5-14)18(25)20-10-16-8-9-21-23(16)3/h4-9H,10-11H2,1-3H3,(H,20,25). The van der Waals surface area contributed by atoms with E-state index in [1.165, 1.54) is 0 Å². The Bertz CT molecular complexity index is 895. The van der Waals surface area contributed by atoms with Crippen molar-refractivity contribution in [3.8, 4) is 0 Å². The molecule has 0 spiro atoms. The number of benzene rings is 1. The molecule has 2 heterocycles. The average molecular weight is 358 g/mol. The highest BCUT2D eigenvalue weighted by atomic mass is 35.5. The van der Waals surface area contributed by atoms with Gasteiger partial charge in [-0.1, -0.05) is 23.7 Å². The number of carbonyl (C=O) groups is 1. The molecule has 6 nitrogen and oxygen atoms in total. The molecule has 2 aromatic heterocycles. The highest BCUT2D eigenvalue weighted by Crippen LogP contribution is 2.20. The summed E-state index contributed by atoms with van der Waals surface area (Å²) >= 11 is 6.18. The minimum Gasteiger partial charge on any atom is -0.346 e. The van der Waals surface area contributed by atoms with Gasteiger partial charge in [0.15, 0.2) is 0 Å². The van der Waals surface area contributed by atoms with E-state index >= 15 is 0 Å². The van der Waals surface area contributed by atoms with Crippen molar-refractivity contribution in [2.24, 2.45) is 7.05 Å². The first kappa shape index (κ1) is 17.2. The normalized spacial score (nSPS) is 10.9. The Morgan fingerprint density at radius 1 is 1.20 bits per heavy atom. The van der Waals surface area contributed by atoms with Crippen LogP contribution in [0.4, 0.5) is 0 Å². The van der Waals surface area contributed by atoms with Crippen LogP contribution in [0.5, 0.6) is 0 Å². The van der Waals surface area contributed by atoms with Gasteiger partial charge in [-0.25, -0.2) is 0 Å². The van der Waals surface area contributed by atoms with Gasteiger partial charge in [-0.15, -0.1) is 0 Å². The van der Waals surface area contributed by atoms with Crippen LogP contribution in [0.2, 0.25) is 5.02 Å². The number of nitrogens with one attached hydrogen (secondary N) is 1. The lowest BCUT2D eigenvalue weighted by Gasteiger charge is -2.08. The van der Waals surface area contributed by atoms with Gasteiger partial charge in [-0.05, 0) is 37.6 Å². The van der Waals surface area contributed by atoms with Crippen LogP contribution in [0.3, 0.4) is 0 Å².